The molecule has 0 heterocycles. The molecule has 0 spiro atoms. The third-order valence-corrected chi connectivity index (χ3v) is 8.27. The third-order valence-electron chi connectivity index (χ3n) is 3.47. The summed E-state index contributed by atoms with van der Waals surface area (Å²) < 4.78 is 12.3. The second-order valence-electron chi connectivity index (χ2n) is 4.72. The van der Waals surface area contributed by atoms with Crippen molar-refractivity contribution in [1.29, 1.82) is 0 Å². The first-order valence-corrected chi connectivity index (χ1v) is 8.42. The zero-order chi connectivity index (χ0) is 11.3. The highest BCUT2D eigenvalue weighted by Gasteiger charge is 2.49. The van der Waals surface area contributed by atoms with Gasteiger partial charge in [-0.15, -0.1) is 0 Å². The van der Waals surface area contributed by atoms with Crippen molar-refractivity contribution in [2.24, 2.45) is 0 Å². The van der Waals surface area contributed by atoms with E-state index in [2.05, 4.69) is 27.7 Å². The van der Waals surface area contributed by atoms with Crippen LogP contribution in [0.15, 0.2) is 0 Å². The van der Waals surface area contributed by atoms with Gasteiger partial charge in [-0.3, -0.25) is 0 Å². The number of hydrogen-bond acceptors (Lipinski definition) is 2. The Morgan fingerprint density at radius 3 is 1.87 bits per heavy atom. The first-order chi connectivity index (χ1) is 7.17. The summed E-state index contributed by atoms with van der Waals surface area (Å²) in [6.07, 6.45) is 5.38. The molecule has 0 radical (unpaired) electrons. The Hall–Kier alpha value is 0.137. The zero-order valence-electron chi connectivity index (χ0n) is 10.7. The highest BCUT2D eigenvalue weighted by molar-refractivity contribution is 6.70. The summed E-state index contributed by atoms with van der Waals surface area (Å²) in [5, 5.41) is 0. The van der Waals surface area contributed by atoms with Crippen LogP contribution < -0.4 is 0 Å². The fourth-order valence-electron chi connectivity index (χ4n) is 2.86. The molecular weight excluding hydrogens is 204 g/mol. The van der Waals surface area contributed by atoms with Crippen molar-refractivity contribution in [3.05, 3.63) is 0 Å². The molecule has 0 N–H and O–H groups in total. The van der Waals surface area contributed by atoms with Gasteiger partial charge in [0.1, 0.15) is 0 Å². The van der Waals surface area contributed by atoms with Crippen LogP contribution in [0.3, 0.4) is 0 Å². The van der Waals surface area contributed by atoms with Crippen LogP contribution in [0, 0.1) is 0 Å². The molecule has 0 aromatic heterocycles. The molecule has 0 aromatic rings. The van der Waals surface area contributed by atoms with Crippen LogP contribution >= 0.6 is 0 Å². The molecule has 90 valence electrons. The Morgan fingerprint density at radius 1 is 1.07 bits per heavy atom. The van der Waals surface area contributed by atoms with E-state index in [9.17, 15) is 0 Å². The quantitative estimate of drug-likeness (QED) is 0.645. The zero-order valence-corrected chi connectivity index (χ0v) is 11.7. The van der Waals surface area contributed by atoms with Crippen LogP contribution in [-0.4, -0.2) is 21.8 Å². The van der Waals surface area contributed by atoms with Crippen LogP contribution in [-0.2, 0) is 8.85 Å². The topological polar surface area (TPSA) is 18.5 Å². The molecule has 0 bridgehead atoms. The first kappa shape index (κ1) is 13.2. The van der Waals surface area contributed by atoms with Gasteiger partial charge in [0.05, 0.1) is 0 Å². The summed E-state index contributed by atoms with van der Waals surface area (Å²) >= 11 is 0. The summed E-state index contributed by atoms with van der Waals surface area (Å²) in [6, 6.07) is 0. The summed E-state index contributed by atoms with van der Waals surface area (Å²) in [5.41, 5.74) is 1.30. The van der Waals surface area contributed by atoms with Crippen LogP contribution in [0.2, 0.25) is 11.1 Å². The van der Waals surface area contributed by atoms with E-state index < -0.39 is 8.56 Å². The molecule has 15 heavy (non-hydrogen) atoms. The Labute approximate surface area is 95.6 Å². The average Bonchev–Trinajstić information content (AvgIpc) is 2.70. The fourth-order valence-corrected chi connectivity index (χ4v) is 7.14. The van der Waals surface area contributed by atoms with E-state index in [1.54, 1.807) is 0 Å². The summed E-state index contributed by atoms with van der Waals surface area (Å²) in [6.45, 7) is 10.4. The summed E-state index contributed by atoms with van der Waals surface area (Å²) in [4.78, 5) is 0. The lowest BCUT2D eigenvalue weighted by molar-refractivity contribution is 0.164. The standard InChI is InChI=1S/C12H26O2Si/c1-5-13-15(11(3)4,14-6-2)12-9-7-8-10-12/h11-12H,5-10H2,1-4H3. The maximum absolute atomic E-state index is 6.13. The molecule has 1 aliphatic carbocycles. The molecule has 1 aliphatic rings. The highest BCUT2D eigenvalue weighted by atomic mass is 28.4. The van der Waals surface area contributed by atoms with Crippen molar-refractivity contribution in [1.82, 2.24) is 0 Å². The van der Waals surface area contributed by atoms with Gasteiger partial charge in [-0.05, 0) is 32.2 Å². The minimum Gasteiger partial charge on any atom is -0.394 e. The maximum Gasteiger partial charge on any atom is 0.343 e. The van der Waals surface area contributed by atoms with Crippen LogP contribution in [0.1, 0.15) is 53.4 Å². The van der Waals surface area contributed by atoms with Crippen LogP contribution in [0.25, 0.3) is 0 Å². The molecule has 2 nitrogen and oxygen atoms in total. The van der Waals surface area contributed by atoms with Crippen molar-refractivity contribution in [2.45, 2.75) is 64.5 Å². The molecule has 0 amide bonds. The predicted molar refractivity (Wildman–Crippen MR) is 66.3 cm³/mol. The molecule has 0 unspecified atom stereocenters. The number of rotatable bonds is 6. The van der Waals surface area contributed by atoms with E-state index >= 15 is 0 Å². The molecule has 0 atom stereocenters. The van der Waals surface area contributed by atoms with Crippen LogP contribution in [0.4, 0.5) is 0 Å². The highest BCUT2D eigenvalue weighted by Crippen LogP contribution is 2.45. The third kappa shape index (κ3) is 2.83. The maximum atomic E-state index is 6.13. The molecule has 1 fully saturated rings. The Kier molecular flexibility index (Phi) is 5.30. The van der Waals surface area contributed by atoms with Crippen molar-refractivity contribution in [3.63, 3.8) is 0 Å². The van der Waals surface area contributed by atoms with Gasteiger partial charge in [0.15, 0.2) is 0 Å². The lowest BCUT2D eigenvalue weighted by Crippen LogP contribution is -2.49. The van der Waals surface area contributed by atoms with Gasteiger partial charge in [0.25, 0.3) is 0 Å². The first-order valence-electron chi connectivity index (χ1n) is 6.45. The second-order valence-corrected chi connectivity index (χ2v) is 8.71. The van der Waals surface area contributed by atoms with Crippen LogP contribution in [0.5, 0.6) is 0 Å². The van der Waals surface area contributed by atoms with E-state index in [4.69, 9.17) is 8.85 Å². The van der Waals surface area contributed by atoms with Crippen molar-refractivity contribution in [2.75, 3.05) is 13.2 Å². The normalized spacial score (nSPS) is 19.0. The van der Waals surface area contributed by atoms with Gasteiger partial charge in [-0.25, -0.2) is 0 Å². The van der Waals surface area contributed by atoms with Gasteiger partial charge in [-0.2, -0.15) is 0 Å². The summed E-state index contributed by atoms with van der Waals surface area (Å²) in [7, 11) is -1.94. The molecule has 1 saturated carbocycles. The Balaban J connectivity index is 2.78. The van der Waals surface area contributed by atoms with Gasteiger partial charge in [0.2, 0.25) is 0 Å². The largest absolute Gasteiger partial charge is 0.394 e. The van der Waals surface area contributed by atoms with Crippen molar-refractivity contribution in [3.8, 4) is 0 Å². The van der Waals surface area contributed by atoms with Gasteiger partial charge >= 0.3 is 8.56 Å². The van der Waals surface area contributed by atoms with E-state index in [0.717, 1.165) is 18.8 Å². The molecule has 0 saturated heterocycles. The second kappa shape index (κ2) is 6.02. The molecule has 0 aromatic carbocycles. The van der Waals surface area contributed by atoms with Gasteiger partial charge < -0.3 is 8.85 Å². The van der Waals surface area contributed by atoms with Crippen molar-refractivity contribution < 1.29 is 8.85 Å². The molecule has 0 aliphatic heterocycles. The average molecular weight is 230 g/mol. The van der Waals surface area contributed by atoms with Gasteiger partial charge in [0, 0.05) is 18.8 Å². The lowest BCUT2D eigenvalue weighted by atomic mass is 10.4. The fraction of sp³-hybridized carbons (Fsp3) is 1.00. The Morgan fingerprint density at radius 2 is 1.53 bits per heavy atom. The molecule has 3 heteroatoms. The monoisotopic (exact) mass is 230 g/mol. The van der Waals surface area contributed by atoms with E-state index in [1.165, 1.54) is 25.7 Å². The minimum absolute atomic E-state index is 0.570. The van der Waals surface area contributed by atoms with Crippen molar-refractivity contribution >= 4 is 8.56 Å². The molecular formula is C12H26O2Si. The van der Waals surface area contributed by atoms with Gasteiger partial charge in [-0.1, -0.05) is 26.7 Å². The summed E-state index contributed by atoms with van der Waals surface area (Å²) in [5.74, 6) is 0. The number of hydrogen-bond donors (Lipinski definition) is 0. The van der Waals surface area contributed by atoms with E-state index in [0.29, 0.717) is 5.54 Å². The van der Waals surface area contributed by atoms with E-state index in [1.807, 2.05) is 0 Å². The molecule has 1 rings (SSSR count). The smallest absolute Gasteiger partial charge is 0.343 e. The lowest BCUT2D eigenvalue weighted by Gasteiger charge is -2.38. The minimum atomic E-state index is -1.94. The predicted octanol–water partition coefficient (Wildman–Crippen LogP) is 3.86. The SMILES string of the molecule is CCO[Si](OCC)(C(C)C)C1CCCC1. The van der Waals surface area contributed by atoms with E-state index in [-0.39, 0.29) is 0 Å². The Bertz CT molecular complexity index is 170.